The predicted molar refractivity (Wildman–Crippen MR) is 86.8 cm³/mol. The Morgan fingerprint density at radius 3 is 3.09 bits per heavy atom. The molecule has 4 heteroatoms. The lowest BCUT2D eigenvalue weighted by Crippen LogP contribution is -2.35. The van der Waals surface area contributed by atoms with Crippen LogP contribution in [0.25, 0.3) is 10.9 Å². The van der Waals surface area contributed by atoms with Gasteiger partial charge in [0.2, 0.25) is 12.1 Å². The lowest BCUT2D eigenvalue weighted by atomic mass is 10.0. The van der Waals surface area contributed by atoms with Gasteiger partial charge in [-0.25, -0.2) is 9.13 Å². The highest BCUT2D eigenvalue weighted by Gasteiger charge is 2.16. The predicted octanol–water partition coefficient (Wildman–Crippen LogP) is 2.89. The van der Waals surface area contributed by atoms with Gasteiger partial charge in [-0.3, -0.25) is 4.79 Å². The van der Waals surface area contributed by atoms with Gasteiger partial charge in [-0.15, -0.1) is 0 Å². The van der Waals surface area contributed by atoms with E-state index in [0.717, 1.165) is 29.4 Å². The van der Waals surface area contributed by atoms with Crippen LogP contribution in [-0.2, 0) is 19.5 Å². The van der Waals surface area contributed by atoms with Gasteiger partial charge in [0, 0.05) is 22.7 Å². The molecule has 3 rings (SSSR count). The zero-order valence-corrected chi connectivity index (χ0v) is 12.7. The summed E-state index contributed by atoms with van der Waals surface area (Å²) in [4.78, 5) is 15.8. The van der Waals surface area contributed by atoms with E-state index in [1.54, 1.807) is 0 Å². The number of hydrogen-bond donors (Lipinski definition) is 1. The molecule has 0 atom stereocenters. The van der Waals surface area contributed by atoms with E-state index in [-0.39, 0.29) is 5.78 Å². The number of allylic oxidation sites excluding steroid dienone is 1. The molecule has 0 radical (unpaired) electrons. The molecule has 22 heavy (non-hydrogen) atoms. The number of aromatic nitrogens is 3. The van der Waals surface area contributed by atoms with E-state index >= 15 is 0 Å². The Morgan fingerprint density at radius 1 is 1.45 bits per heavy atom. The third kappa shape index (κ3) is 2.60. The molecule has 0 fully saturated rings. The summed E-state index contributed by atoms with van der Waals surface area (Å²) in [6, 6.07) is 6.11. The number of aromatic amines is 1. The Hall–Kier alpha value is -2.62. The zero-order valence-electron chi connectivity index (χ0n) is 12.7. The van der Waals surface area contributed by atoms with E-state index in [4.69, 9.17) is 0 Å². The van der Waals surface area contributed by atoms with Gasteiger partial charge < -0.3 is 4.98 Å². The minimum atomic E-state index is 0.112. The van der Waals surface area contributed by atoms with Gasteiger partial charge in [0.25, 0.3) is 0 Å². The van der Waals surface area contributed by atoms with Crippen molar-refractivity contribution in [2.24, 2.45) is 0 Å². The van der Waals surface area contributed by atoms with E-state index in [1.165, 1.54) is 5.56 Å². The van der Waals surface area contributed by atoms with Gasteiger partial charge in [0.1, 0.15) is 18.9 Å². The van der Waals surface area contributed by atoms with Crippen molar-refractivity contribution < 1.29 is 9.36 Å². The molecular formula is C18H20N3O+. The standard InChI is InChI=1S/C18H19N3O/c1-3-8-20-9-10-21(13-20)12-17(22)16-11-19-18-14(4-2)6-5-7-15(16)18/h3,5-7,9-11,13H,1,4,8,12H2,2H3/p+1. The second kappa shape index (κ2) is 6.02. The van der Waals surface area contributed by atoms with Crippen LogP contribution in [0.3, 0.4) is 0 Å². The number of ketones is 1. The SMILES string of the molecule is C=CCn1cc[n+](CC(=O)c2c[nH]c3c(CC)cccc23)c1. The lowest BCUT2D eigenvalue weighted by Gasteiger charge is -2.00. The van der Waals surface area contributed by atoms with Gasteiger partial charge in [0.05, 0.1) is 0 Å². The number of imidazole rings is 1. The monoisotopic (exact) mass is 294 g/mol. The van der Waals surface area contributed by atoms with Crippen molar-refractivity contribution in [3.8, 4) is 0 Å². The van der Waals surface area contributed by atoms with Crippen molar-refractivity contribution in [1.82, 2.24) is 9.55 Å². The number of carbonyl (C=O) groups is 1. The Kier molecular flexibility index (Phi) is 3.92. The molecule has 0 amide bonds. The van der Waals surface area contributed by atoms with Crippen LogP contribution in [0.15, 0.2) is 55.8 Å². The second-order valence-electron chi connectivity index (χ2n) is 5.39. The van der Waals surface area contributed by atoms with Gasteiger partial charge in [-0.05, 0) is 12.0 Å². The van der Waals surface area contributed by atoms with Crippen LogP contribution in [0.1, 0.15) is 22.8 Å². The number of nitrogens with one attached hydrogen (secondary N) is 1. The molecule has 0 spiro atoms. The summed E-state index contributed by atoms with van der Waals surface area (Å²) in [7, 11) is 0. The molecule has 2 heterocycles. The van der Waals surface area contributed by atoms with Crippen LogP contribution >= 0.6 is 0 Å². The molecule has 0 saturated heterocycles. The number of benzene rings is 1. The summed E-state index contributed by atoms with van der Waals surface area (Å²) in [5, 5.41) is 1.01. The number of nitrogens with zero attached hydrogens (tertiary/aromatic N) is 2. The van der Waals surface area contributed by atoms with Crippen molar-refractivity contribution >= 4 is 16.7 Å². The Balaban J connectivity index is 1.87. The quantitative estimate of drug-likeness (QED) is 0.424. The number of rotatable bonds is 6. The maximum Gasteiger partial charge on any atom is 0.244 e. The third-order valence-corrected chi connectivity index (χ3v) is 3.90. The van der Waals surface area contributed by atoms with Crippen molar-refractivity contribution in [3.05, 3.63) is 66.9 Å². The smallest absolute Gasteiger partial charge is 0.244 e. The molecule has 3 aromatic rings. The van der Waals surface area contributed by atoms with Crippen LogP contribution in [0, 0.1) is 0 Å². The molecule has 0 aliphatic heterocycles. The Labute approximate surface area is 129 Å². The Morgan fingerprint density at radius 2 is 2.32 bits per heavy atom. The molecule has 1 N–H and O–H groups in total. The molecule has 2 aromatic heterocycles. The van der Waals surface area contributed by atoms with E-state index in [9.17, 15) is 4.79 Å². The summed E-state index contributed by atoms with van der Waals surface area (Å²) in [5.41, 5.74) is 3.07. The molecule has 0 unspecified atom stereocenters. The molecule has 0 aliphatic carbocycles. The van der Waals surface area contributed by atoms with Gasteiger partial charge in [-0.2, -0.15) is 0 Å². The molecule has 4 nitrogen and oxygen atoms in total. The fraction of sp³-hybridized carbons (Fsp3) is 0.222. The number of aryl methyl sites for hydroxylation is 1. The topological polar surface area (TPSA) is 41.7 Å². The van der Waals surface area contributed by atoms with Gasteiger partial charge >= 0.3 is 0 Å². The van der Waals surface area contributed by atoms with E-state index < -0.39 is 0 Å². The lowest BCUT2D eigenvalue weighted by molar-refractivity contribution is -0.682. The largest absolute Gasteiger partial charge is 0.360 e. The fourth-order valence-electron chi connectivity index (χ4n) is 2.78. The first-order valence-corrected chi connectivity index (χ1v) is 7.50. The molecule has 0 aliphatic rings. The highest BCUT2D eigenvalue weighted by Crippen LogP contribution is 2.22. The van der Waals surface area contributed by atoms with Gasteiger partial charge in [-0.1, -0.05) is 37.8 Å². The first-order valence-electron chi connectivity index (χ1n) is 7.50. The number of para-hydroxylation sites is 1. The maximum absolute atomic E-state index is 12.6. The summed E-state index contributed by atoms with van der Waals surface area (Å²) in [6.45, 7) is 6.92. The number of hydrogen-bond acceptors (Lipinski definition) is 1. The number of Topliss-reactive ketones (excluding diaryl/α,β-unsaturated/α-hetero) is 1. The van der Waals surface area contributed by atoms with Crippen molar-refractivity contribution in [1.29, 1.82) is 0 Å². The summed E-state index contributed by atoms with van der Waals surface area (Å²) >= 11 is 0. The number of carbonyl (C=O) groups excluding carboxylic acids is 1. The fourth-order valence-corrected chi connectivity index (χ4v) is 2.78. The van der Waals surface area contributed by atoms with Crippen LogP contribution in [0.4, 0.5) is 0 Å². The van der Waals surface area contributed by atoms with Crippen LogP contribution in [0.5, 0.6) is 0 Å². The summed E-state index contributed by atoms with van der Waals surface area (Å²) < 4.78 is 3.89. The van der Waals surface area contributed by atoms with E-state index in [2.05, 4.69) is 24.6 Å². The maximum atomic E-state index is 12.6. The van der Waals surface area contributed by atoms with Gasteiger partial charge in [0.15, 0.2) is 6.54 Å². The van der Waals surface area contributed by atoms with Crippen LogP contribution < -0.4 is 4.57 Å². The molecular weight excluding hydrogens is 274 g/mol. The summed E-state index contributed by atoms with van der Waals surface area (Å²) in [6.07, 6.45) is 10.4. The van der Waals surface area contributed by atoms with E-state index in [1.807, 2.05) is 52.3 Å². The van der Waals surface area contributed by atoms with E-state index in [0.29, 0.717) is 6.54 Å². The molecule has 0 saturated carbocycles. The second-order valence-corrected chi connectivity index (χ2v) is 5.39. The van der Waals surface area contributed by atoms with Crippen LogP contribution in [-0.4, -0.2) is 15.3 Å². The first kappa shape index (κ1) is 14.3. The highest BCUT2D eigenvalue weighted by atomic mass is 16.1. The highest BCUT2D eigenvalue weighted by molar-refractivity contribution is 6.07. The van der Waals surface area contributed by atoms with Crippen molar-refractivity contribution in [2.75, 3.05) is 0 Å². The number of fused-ring (bicyclic) bond motifs is 1. The third-order valence-electron chi connectivity index (χ3n) is 3.90. The number of H-pyrrole nitrogens is 1. The minimum absolute atomic E-state index is 0.112. The molecule has 112 valence electrons. The van der Waals surface area contributed by atoms with Crippen molar-refractivity contribution in [2.45, 2.75) is 26.4 Å². The normalized spacial score (nSPS) is 11.0. The minimum Gasteiger partial charge on any atom is -0.360 e. The first-order chi connectivity index (χ1) is 10.7. The Bertz CT molecular complexity index is 826. The average Bonchev–Trinajstić information content (AvgIpc) is 3.14. The average molecular weight is 294 g/mol. The van der Waals surface area contributed by atoms with Crippen molar-refractivity contribution in [3.63, 3.8) is 0 Å². The molecule has 1 aromatic carbocycles. The summed E-state index contributed by atoms with van der Waals surface area (Å²) in [5.74, 6) is 0.112. The van der Waals surface area contributed by atoms with Crippen LogP contribution in [0.2, 0.25) is 0 Å². The molecule has 0 bridgehead atoms. The zero-order chi connectivity index (χ0) is 15.5.